The fourth-order valence-electron chi connectivity index (χ4n) is 2.12. The topological polar surface area (TPSA) is 79.9 Å². The van der Waals surface area contributed by atoms with Crippen molar-refractivity contribution in [2.45, 2.75) is 0 Å². The monoisotopic (exact) mass is 357 g/mol. The number of hydrogen-bond donors (Lipinski definition) is 2. The number of rotatable bonds is 7. The Bertz CT molecular complexity index is 727. The molecule has 7 nitrogen and oxygen atoms in total. The first-order valence-electron chi connectivity index (χ1n) is 8.13. The van der Waals surface area contributed by atoms with Gasteiger partial charge >= 0.3 is 11.8 Å². The molecule has 0 aromatic heterocycles. The average molecular weight is 357 g/mol. The van der Waals surface area contributed by atoms with Gasteiger partial charge in [-0.05, 0) is 48.5 Å². The number of carbonyl (C=O) groups excluding carboxylic acids is 2. The number of nitrogens with zero attached hydrogens (tertiary/aromatic N) is 1. The van der Waals surface area contributed by atoms with E-state index in [0.29, 0.717) is 11.4 Å². The molecule has 0 bridgehead atoms. The molecule has 0 atom stereocenters. The average Bonchev–Trinajstić information content (AvgIpc) is 2.66. The molecule has 0 aliphatic heterocycles. The fraction of sp³-hybridized carbons (Fsp3) is 0.263. The third-order valence-corrected chi connectivity index (χ3v) is 3.56. The molecule has 0 saturated heterocycles. The predicted molar refractivity (Wildman–Crippen MR) is 101 cm³/mol. The third-order valence-electron chi connectivity index (χ3n) is 3.56. The van der Waals surface area contributed by atoms with E-state index >= 15 is 0 Å². The summed E-state index contributed by atoms with van der Waals surface area (Å²) in [4.78, 5) is 25.6. The molecule has 0 heterocycles. The summed E-state index contributed by atoms with van der Waals surface area (Å²) in [6, 6.07) is 14.3. The van der Waals surface area contributed by atoms with E-state index in [2.05, 4.69) is 10.6 Å². The van der Waals surface area contributed by atoms with Crippen LogP contribution in [0.15, 0.2) is 48.5 Å². The highest BCUT2D eigenvalue weighted by atomic mass is 16.5. The summed E-state index contributed by atoms with van der Waals surface area (Å²) >= 11 is 0. The molecular formula is C19H23N3O4. The zero-order valence-corrected chi connectivity index (χ0v) is 15.1. The largest absolute Gasteiger partial charge is 0.497 e. The lowest BCUT2D eigenvalue weighted by molar-refractivity contribution is -0.136. The summed E-state index contributed by atoms with van der Waals surface area (Å²) in [5.41, 5.74) is 1.56. The van der Waals surface area contributed by atoms with Crippen molar-refractivity contribution in [2.75, 3.05) is 44.6 Å². The van der Waals surface area contributed by atoms with Crippen LogP contribution in [0, 0.1) is 0 Å². The van der Waals surface area contributed by atoms with Crippen LogP contribution in [0.1, 0.15) is 0 Å². The minimum absolute atomic E-state index is 0.220. The molecule has 0 unspecified atom stereocenters. The van der Waals surface area contributed by atoms with E-state index in [0.717, 1.165) is 11.4 Å². The number of carbonyl (C=O) groups is 2. The van der Waals surface area contributed by atoms with E-state index < -0.39 is 11.8 Å². The Kier molecular flexibility index (Phi) is 6.84. The zero-order chi connectivity index (χ0) is 18.9. The van der Waals surface area contributed by atoms with Gasteiger partial charge in [0.1, 0.15) is 18.1 Å². The summed E-state index contributed by atoms with van der Waals surface area (Å²) in [6.45, 7) is 0.473. The smallest absolute Gasteiger partial charge is 0.313 e. The highest BCUT2D eigenvalue weighted by Gasteiger charge is 2.13. The van der Waals surface area contributed by atoms with E-state index in [-0.39, 0.29) is 13.2 Å². The van der Waals surface area contributed by atoms with E-state index in [1.165, 1.54) is 0 Å². The van der Waals surface area contributed by atoms with Crippen molar-refractivity contribution in [1.29, 1.82) is 0 Å². The van der Waals surface area contributed by atoms with Gasteiger partial charge in [-0.25, -0.2) is 0 Å². The number of amides is 2. The molecule has 138 valence electrons. The molecule has 2 rings (SSSR count). The molecule has 2 amide bonds. The van der Waals surface area contributed by atoms with Gasteiger partial charge in [0.05, 0.1) is 13.7 Å². The van der Waals surface area contributed by atoms with Gasteiger partial charge in [0, 0.05) is 25.5 Å². The lowest BCUT2D eigenvalue weighted by Crippen LogP contribution is -2.37. The third kappa shape index (κ3) is 5.70. The Hall–Kier alpha value is -3.22. The van der Waals surface area contributed by atoms with Crippen LogP contribution in [0.5, 0.6) is 11.5 Å². The summed E-state index contributed by atoms with van der Waals surface area (Å²) < 4.78 is 10.5. The van der Waals surface area contributed by atoms with Crippen molar-refractivity contribution >= 4 is 23.2 Å². The summed E-state index contributed by atoms with van der Waals surface area (Å²) in [6.07, 6.45) is 0. The lowest BCUT2D eigenvalue weighted by Gasteiger charge is -2.13. The highest BCUT2D eigenvalue weighted by Crippen LogP contribution is 2.17. The predicted octanol–water partition coefficient (Wildman–Crippen LogP) is 1.89. The number of hydrogen-bond acceptors (Lipinski definition) is 5. The minimum Gasteiger partial charge on any atom is -0.497 e. The molecule has 0 saturated carbocycles. The van der Waals surface area contributed by atoms with E-state index in [1.807, 2.05) is 31.1 Å². The first kappa shape index (κ1) is 19.1. The highest BCUT2D eigenvalue weighted by molar-refractivity contribution is 6.39. The number of nitrogens with one attached hydrogen (secondary N) is 2. The van der Waals surface area contributed by atoms with Gasteiger partial charge in [0.2, 0.25) is 0 Å². The van der Waals surface area contributed by atoms with Crippen LogP contribution < -0.4 is 25.0 Å². The zero-order valence-electron chi connectivity index (χ0n) is 15.1. The minimum atomic E-state index is -0.716. The van der Waals surface area contributed by atoms with Crippen LogP contribution in [0.2, 0.25) is 0 Å². The first-order chi connectivity index (χ1) is 12.5. The summed E-state index contributed by atoms with van der Waals surface area (Å²) in [5, 5.41) is 5.07. The van der Waals surface area contributed by atoms with Gasteiger partial charge < -0.3 is 25.0 Å². The van der Waals surface area contributed by atoms with E-state index in [4.69, 9.17) is 9.47 Å². The van der Waals surface area contributed by atoms with Crippen molar-refractivity contribution in [3.05, 3.63) is 48.5 Å². The second kappa shape index (κ2) is 9.31. The Balaban J connectivity index is 1.72. The first-order valence-corrected chi connectivity index (χ1v) is 8.13. The molecule has 26 heavy (non-hydrogen) atoms. The molecule has 7 heteroatoms. The number of benzene rings is 2. The van der Waals surface area contributed by atoms with Crippen molar-refractivity contribution in [3.63, 3.8) is 0 Å². The molecule has 0 radical (unpaired) electrons. The number of ether oxygens (including phenoxy) is 2. The number of methoxy groups -OCH3 is 1. The maximum absolute atomic E-state index is 11.9. The van der Waals surface area contributed by atoms with Crippen LogP contribution in [-0.2, 0) is 9.59 Å². The second-order valence-corrected chi connectivity index (χ2v) is 5.68. The second-order valence-electron chi connectivity index (χ2n) is 5.68. The molecule has 2 N–H and O–H groups in total. The van der Waals surface area contributed by atoms with Crippen LogP contribution in [0.4, 0.5) is 11.4 Å². The quantitative estimate of drug-likeness (QED) is 0.584. The van der Waals surface area contributed by atoms with Crippen molar-refractivity contribution in [2.24, 2.45) is 0 Å². The molecular weight excluding hydrogens is 334 g/mol. The van der Waals surface area contributed by atoms with Gasteiger partial charge in [0.15, 0.2) is 0 Å². The van der Waals surface area contributed by atoms with E-state index in [9.17, 15) is 9.59 Å². The maximum Gasteiger partial charge on any atom is 0.313 e. The van der Waals surface area contributed by atoms with Gasteiger partial charge in [-0.3, -0.25) is 9.59 Å². The standard InChI is InChI=1S/C19H23N3O4/c1-22(2)15-6-4-14(5-7-15)21-19(24)18(23)20-12-13-26-17-10-8-16(25-3)9-11-17/h4-11H,12-13H2,1-3H3,(H,20,23)(H,21,24). The molecule has 2 aromatic rings. The molecule has 0 spiro atoms. The number of anilines is 2. The van der Waals surface area contributed by atoms with Gasteiger partial charge in [-0.2, -0.15) is 0 Å². The summed E-state index contributed by atoms with van der Waals surface area (Å²) in [7, 11) is 5.44. The van der Waals surface area contributed by atoms with Crippen LogP contribution >= 0.6 is 0 Å². The lowest BCUT2D eigenvalue weighted by atomic mass is 10.2. The summed E-state index contributed by atoms with van der Waals surface area (Å²) in [5.74, 6) is -0.0292. The van der Waals surface area contributed by atoms with Gasteiger partial charge in [-0.15, -0.1) is 0 Å². The molecule has 2 aromatic carbocycles. The normalized spacial score (nSPS) is 9.96. The van der Waals surface area contributed by atoms with E-state index in [1.54, 1.807) is 43.5 Å². The Morgan fingerprint density at radius 3 is 2.12 bits per heavy atom. The van der Waals surface area contributed by atoms with Crippen LogP contribution in [0.3, 0.4) is 0 Å². The van der Waals surface area contributed by atoms with Crippen molar-refractivity contribution in [1.82, 2.24) is 5.32 Å². The van der Waals surface area contributed by atoms with Crippen LogP contribution in [0.25, 0.3) is 0 Å². The van der Waals surface area contributed by atoms with Crippen molar-refractivity contribution in [3.8, 4) is 11.5 Å². The Morgan fingerprint density at radius 1 is 0.923 bits per heavy atom. The molecule has 0 fully saturated rings. The van der Waals surface area contributed by atoms with Crippen LogP contribution in [-0.4, -0.2) is 46.2 Å². The molecule has 0 aliphatic rings. The Labute approximate surface area is 152 Å². The van der Waals surface area contributed by atoms with Crippen molar-refractivity contribution < 1.29 is 19.1 Å². The fourth-order valence-corrected chi connectivity index (χ4v) is 2.12. The van der Waals surface area contributed by atoms with Gasteiger partial charge in [-0.1, -0.05) is 0 Å². The SMILES string of the molecule is COc1ccc(OCCNC(=O)C(=O)Nc2ccc(N(C)C)cc2)cc1. The Morgan fingerprint density at radius 2 is 1.54 bits per heavy atom. The van der Waals surface area contributed by atoms with Gasteiger partial charge in [0.25, 0.3) is 0 Å². The molecule has 0 aliphatic carbocycles. The maximum atomic E-state index is 11.9.